The first kappa shape index (κ1) is 21.1. The van der Waals surface area contributed by atoms with Crippen LogP contribution in [-0.2, 0) is 9.53 Å². The van der Waals surface area contributed by atoms with E-state index in [9.17, 15) is 9.59 Å². The van der Waals surface area contributed by atoms with Crippen molar-refractivity contribution in [3.63, 3.8) is 0 Å². The van der Waals surface area contributed by atoms with Gasteiger partial charge in [-0.15, -0.1) is 0 Å². The molecule has 1 saturated heterocycles. The van der Waals surface area contributed by atoms with Crippen LogP contribution in [0.5, 0.6) is 0 Å². The van der Waals surface area contributed by atoms with Crippen molar-refractivity contribution < 1.29 is 14.3 Å². The zero-order valence-electron chi connectivity index (χ0n) is 17.8. The van der Waals surface area contributed by atoms with E-state index in [1.54, 1.807) is 4.90 Å². The first-order chi connectivity index (χ1) is 13.7. The maximum Gasteiger partial charge on any atom is 0.410 e. The van der Waals surface area contributed by atoms with Crippen molar-refractivity contribution in [3.05, 3.63) is 48.0 Å². The van der Waals surface area contributed by atoms with Gasteiger partial charge in [0, 0.05) is 26.2 Å². The molecule has 2 aromatic rings. The largest absolute Gasteiger partial charge is 0.444 e. The van der Waals surface area contributed by atoms with E-state index in [2.05, 4.69) is 34.5 Å². The molecule has 1 aliphatic rings. The normalized spacial score (nSPS) is 16.5. The molecule has 0 radical (unpaired) electrons. The quantitative estimate of drug-likeness (QED) is 0.857. The molecule has 156 valence electrons. The number of piperazine rings is 1. The molecule has 6 nitrogen and oxygen atoms in total. The molecule has 0 saturated carbocycles. The highest BCUT2D eigenvalue weighted by Crippen LogP contribution is 2.24. The number of ether oxygens (including phenoxy) is 1. The van der Waals surface area contributed by atoms with Crippen LogP contribution in [0.15, 0.2) is 42.5 Å². The molecule has 1 aliphatic heterocycles. The van der Waals surface area contributed by atoms with Crippen LogP contribution >= 0.6 is 0 Å². The smallest absolute Gasteiger partial charge is 0.410 e. The maximum absolute atomic E-state index is 12.6. The summed E-state index contributed by atoms with van der Waals surface area (Å²) in [5.41, 5.74) is 0.623. The Morgan fingerprint density at radius 1 is 1.03 bits per heavy atom. The van der Waals surface area contributed by atoms with Gasteiger partial charge in [-0.1, -0.05) is 42.5 Å². The summed E-state index contributed by atoms with van der Waals surface area (Å²) in [6.07, 6.45) is -0.286. The minimum atomic E-state index is -0.494. The third-order valence-electron chi connectivity index (χ3n) is 5.06. The van der Waals surface area contributed by atoms with Crippen molar-refractivity contribution in [3.8, 4) is 0 Å². The number of nitrogens with one attached hydrogen (secondary N) is 1. The van der Waals surface area contributed by atoms with E-state index in [1.165, 1.54) is 5.39 Å². The molecule has 1 N–H and O–H groups in total. The van der Waals surface area contributed by atoms with Gasteiger partial charge in [0.05, 0.1) is 12.6 Å². The Morgan fingerprint density at radius 2 is 1.69 bits per heavy atom. The molecule has 3 rings (SSSR count). The van der Waals surface area contributed by atoms with Crippen molar-refractivity contribution in [1.82, 2.24) is 15.1 Å². The molecule has 1 unspecified atom stereocenters. The van der Waals surface area contributed by atoms with Crippen LogP contribution in [-0.4, -0.2) is 60.1 Å². The van der Waals surface area contributed by atoms with Crippen LogP contribution in [0, 0.1) is 0 Å². The van der Waals surface area contributed by atoms with Gasteiger partial charge in [0.15, 0.2) is 0 Å². The monoisotopic (exact) mass is 397 g/mol. The van der Waals surface area contributed by atoms with Crippen LogP contribution in [0.3, 0.4) is 0 Å². The van der Waals surface area contributed by atoms with E-state index in [4.69, 9.17) is 4.74 Å². The lowest BCUT2D eigenvalue weighted by Gasteiger charge is -2.35. The van der Waals surface area contributed by atoms with E-state index in [0.717, 1.165) is 10.9 Å². The Kier molecular flexibility index (Phi) is 6.42. The number of rotatable bonds is 4. The SMILES string of the molecule is CC(NC(=O)CN1CCN(C(=O)OC(C)(C)C)CC1)c1cccc2ccccc12. The molecule has 1 fully saturated rings. The minimum absolute atomic E-state index is 0.00356. The summed E-state index contributed by atoms with van der Waals surface area (Å²) in [6, 6.07) is 14.3. The lowest BCUT2D eigenvalue weighted by Crippen LogP contribution is -2.52. The summed E-state index contributed by atoms with van der Waals surface area (Å²) in [6.45, 7) is 10.4. The Morgan fingerprint density at radius 3 is 2.38 bits per heavy atom. The van der Waals surface area contributed by atoms with Crippen molar-refractivity contribution in [1.29, 1.82) is 0 Å². The predicted molar refractivity (Wildman–Crippen MR) is 115 cm³/mol. The second-order valence-electron chi connectivity index (χ2n) is 8.60. The molecule has 1 heterocycles. The molecular formula is C23H31N3O3. The van der Waals surface area contributed by atoms with E-state index in [0.29, 0.717) is 32.7 Å². The Labute approximate surface area is 172 Å². The first-order valence-corrected chi connectivity index (χ1v) is 10.2. The summed E-state index contributed by atoms with van der Waals surface area (Å²) in [7, 11) is 0. The standard InChI is InChI=1S/C23H31N3O3/c1-17(19-11-7-9-18-8-5-6-10-20(18)19)24-21(27)16-25-12-14-26(15-13-25)22(28)29-23(2,3)4/h5-11,17H,12-16H2,1-4H3,(H,24,27). The molecule has 1 atom stereocenters. The second-order valence-corrected chi connectivity index (χ2v) is 8.60. The van der Waals surface area contributed by atoms with Gasteiger partial charge in [0.1, 0.15) is 5.60 Å². The molecule has 0 spiro atoms. The van der Waals surface area contributed by atoms with Gasteiger partial charge in [0.25, 0.3) is 0 Å². The Hall–Kier alpha value is -2.60. The number of hydrogen-bond donors (Lipinski definition) is 1. The summed E-state index contributed by atoms with van der Waals surface area (Å²) in [5.74, 6) is -0.00356. The van der Waals surface area contributed by atoms with E-state index >= 15 is 0 Å². The van der Waals surface area contributed by atoms with Crippen LogP contribution in [0.25, 0.3) is 10.8 Å². The minimum Gasteiger partial charge on any atom is -0.444 e. The molecular weight excluding hydrogens is 366 g/mol. The van der Waals surface area contributed by atoms with Crippen molar-refractivity contribution in [2.24, 2.45) is 0 Å². The molecule has 2 aromatic carbocycles. The van der Waals surface area contributed by atoms with Gasteiger partial charge in [-0.3, -0.25) is 9.69 Å². The van der Waals surface area contributed by atoms with Gasteiger partial charge in [-0.2, -0.15) is 0 Å². The summed E-state index contributed by atoms with van der Waals surface area (Å²) < 4.78 is 5.42. The van der Waals surface area contributed by atoms with Crippen molar-refractivity contribution >= 4 is 22.8 Å². The predicted octanol–water partition coefficient (Wildman–Crippen LogP) is 3.57. The Balaban J connectivity index is 1.51. The van der Waals surface area contributed by atoms with Crippen LogP contribution in [0.4, 0.5) is 4.79 Å². The van der Waals surface area contributed by atoms with Gasteiger partial charge < -0.3 is 15.0 Å². The fourth-order valence-corrected chi connectivity index (χ4v) is 3.61. The number of carbonyl (C=O) groups is 2. The summed E-state index contributed by atoms with van der Waals surface area (Å²) >= 11 is 0. The van der Waals surface area contributed by atoms with Crippen LogP contribution in [0.1, 0.15) is 39.3 Å². The zero-order valence-corrected chi connectivity index (χ0v) is 17.8. The van der Waals surface area contributed by atoms with Crippen LogP contribution in [0.2, 0.25) is 0 Å². The van der Waals surface area contributed by atoms with Gasteiger partial charge >= 0.3 is 6.09 Å². The highest BCUT2D eigenvalue weighted by Gasteiger charge is 2.26. The van der Waals surface area contributed by atoms with Crippen molar-refractivity contribution in [2.45, 2.75) is 39.3 Å². The molecule has 2 amide bonds. The molecule has 0 aromatic heterocycles. The lowest BCUT2D eigenvalue weighted by atomic mass is 10.00. The number of nitrogens with zero attached hydrogens (tertiary/aromatic N) is 2. The Bertz CT molecular complexity index is 862. The summed E-state index contributed by atoms with van der Waals surface area (Å²) in [4.78, 5) is 28.5. The van der Waals surface area contributed by atoms with Gasteiger partial charge in [0.2, 0.25) is 5.91 Å². The molecule has 0 bridgehead atoms. The average Bonchev–Trinajstić information content (AvgIpc) is 2.66. The molecule has 29 heavy (non-hydrogen) atoms. The third kappa shape index (κ3) is 5.70. The van der Waals surface area contributed by atoms with E-state index in [-0.39, 0.29) is 18.0 Å². The maximum atomic E-state index is 12.6. The molecule has 0 aliphatic carbocycles. The topological polar surface area (TPSA) is 61.9 Å². The van der Waals surface area contributed by atoms with Gasteiger partial charge in [-0.05, 0) is 44.0 Å². The third-order valence-corrected chi connectivity index (χ3v) is 5.06. The van der Waals surface area contributed by atoms with E-state index < -0.39 is 5.60 Å². The summed E-state index contributed by atoms with van der Waals surface area (Å²) in [5, 5.41) is 5.45. The molecule has 6 heteroatoms. The average molecular weight is 398 g/mol. The van der Waals surface area contributed by atoms with Gasteiger partial charge in [-0.25, -0.2) is 4.79 Å². The number of hydrogen-bond acceptors (Lipinski definition) is 4. The highest BCUT2D eigenvalue weighted by atomic mass is 16.6. The van der Waals surface area contributed by atoms with Crippen LogP contribution < -0.4 is 5.32 Å². The van der Waals surface area contributed by atoms with E-state index in [1.807, 2.05) is 45.9 Å². The number of fused-ring (bicyclic) bond motifs is 1. The number of carbonyl (C=O) groups excluding carboxylic acids is 2. The fourth-order valence-electron chi connectivity index (χ4n) is 3.61. The first-order valence-electron chi connectivity index (χ1n) is 10.2. The zero-order chi connectivity index (χ0) is 21.0. The fraction of sp³-hybridized carbons (Fsp3) is 0.478. The number of benzene rings is 2. The second kappa shape index (κ2) is 8.82. The highest BCUT2D eigenvalue weighted by molar-refractivity contribution is 5.87. The lowest BCUT2D eigenvalue weighted by molar-refractivity contribution is -0.123. The van der Waals surface area contributed by atoms with Crippen molar-refractivity contribution in [2.75, 3.05) is 32.7 Å². The number of amides is 2.